The summed E-state index contributed by atoms with van der Waals surface area (Å²) in [5, 5.41) is 22.5. The maximum Gasteiger partial charge on any atom is 0.129 e. The first-order valence-electron chi connectivity index (χ1n) is 7.09. The summed E-state index contributed by atoms with van der Waals surface area (Å²) in [4.78, 5) is 0. The molecule has 1 fully saturated rings. The molecule has 0 saturated heterocycles. The first-order valence-corrected chi connectivity index (χ1v) is 7.09. The molecule has 5 heteroatoms. The maximum atomic E-state index is 13.5. The molecule has 1 saturated carbocycles. The van der Waals surface area contributed by atoms with Crippen LogP contribution in [0.2, 0.25) is 0 Å². The standard InChI is InChI=1S/C15H21F2NO2/c16-11-5-6-13(17)12(7-11)15(20)8-18-14-4-2-1-3-10(14)9-19/h5-7,10,14-15,18-20H,1-4,8-9H2. The van der Waals surface area contributed by atoms with Gasteiger partial charge in [0.2, 0.25) is 0 Å². The van der Waals surface area contributed by atoms with E-state index in [-0.39, 0.29) is 30.7 Å². The summed E-state index contributed by atoms with van der Waals surface area (Å²) in [6, 6.07) is 3.19. The van der Waals surface area contributed by atoms with Gasteiger partial charge in [-0.3, -0.25) is 0 Å². The summed E-state index contributed by atoms with van der Waals surface area (Å²) in [5.74, 6) is -0.997. The molecule has 0 amide bonds. The Labute approximate surface area is 117 Å². The predicted octanol–water partition coefficient (Wildman–Crippen LogP) is 2.14. The monoisotopic (exact) mass is 285 g/mol. The summed E-state index contributed by atoms with van der Waals surface area (Å²) in [6.07, 6.45) is 2.98. The molecule has 2 rings (SSSR count). The fraction of sp³-hybridized carbons (Fsp3) is 0.600. The average molecular weight is 285 g/mol. The van der Waals surface area contributed by atoms with Crippen molar-refractivity contribution in [3.63, 3.8) is 0 Å². The van der Waals surface area contributed by atoms with Crippen molar-refractivity contribution in [2.45, 2.75) is 37.8 Å². The van der Waals surface area contributed by atoms with Crippen molar-refractivity contribution < 1.29 is 19.0 Å². The lowest BCUT2D eigenvalue weighted by atomic mass is 9.85. The van der Waals surface area contributed by atoms with E-state index in [2.05, 4.69) is 5.32 Å². The second-order valence-corrected chi connectivity index (χ2v) is 5.42. The van der Waals surface area contributed by atoms with E-state index in [0.717, 1.165) is 43.9 Å². The third kappa shape index (κ3) is 3.75. The van der Waals surface area contributed by atoms with Crippen molar-refractivity contribution in [3.05, 3.63) is 35.4 Å². The van der Waals surface area contributed by atoms with Gasteiger partial charge < -0.3 is 15.5 Å². The van der Waals surface area contributed by atoms with Crippen molar-refractivity contribution >= 4 is 0 Å². The van der Waals surface area contributed by atoms with Crippen molar-refractivity contribution in [1.82, 2.24) is 5.32 Å². The number of benzene rings is 1. The van der Waals surface area contributed by atoms with Gasteiger partial charge in [0.25, 0.3) is 0 Å². The number of hydrogen-bond acceptors (Lipinski definition) is 3. The molecule has 112 valence electrons. The van der Waals surface area contributed by atoms with Gasteiger partial charge in [0, 0.05) is 24.8 Å². The minimum Gasteiger partial charge on any atom is -0.396 e. The lowest BCUT2D eigenvalue weighted by Crippen LogP contribution is -2.42. The topological polar surface area (TPSA) is 52.5 Å². The Morgan fingerprint density at radius 1 is 1.25 bits per heavy atom. The van der Waals surface area contributed by atoms with Crippen LogP contribution >= 0.6 is 0 Å². The van der Waals surface area contributed by atoms with Crippen LogP contribution in [-0.4, -0.2) is 29.4 Å². The van der Waals surface area contributed by atoms with Crippen LogP contribution in [0.1, 0.15) is 37.4 Å². The SMILES string of the molecule is OCC1CCCCC1NCC(O)c1cc(F)ccc1F. The Hall–Kier alpha value is -1.04. The molecule has 1 aromatic rings. The Balaban J connectivity index is 1.94. The number of rotatable bonds is 5. The molecule has 3 nitrogen and oxygen atoms in total. The van der Waals surface area contributed by atoms with Crippen LogP contribution in [0, 0.1) is 17.6 Å². The third-order valence-corrected chi connectivity index (χ3v) is 4.03. The Morgan fingerprint density at radius 3 is 2.75 bits per heavy atom. The van der Waals surface area contributed by atoms with Crippen LogP contribution in [0.15, 0.2) is 18.2 Å². The molecule has 1 aliphatic carbocycles. The zero-order chi connectivity index (χ0) is 14.5. The Kier molecular flexibility index (Phi) is 5.46. The van der Waals surface area contributed by atoms with Crippen LogP contribution < -0.4 is 5.32 Å². The molecule has 3 atom stereocenters. The molecule has 20 heavy (non-hydrogen) atoms. The third-order valence-electron chi connectivity index (χ3n) is 4.03. The first kappa shape index (κ1) is 15.4. The molecule has 1 aromatic carbocycles. The van der Waals surface area contributed by atoms with E-state index < -0.39 is 17.7 Å². The molecule has 0 aromatic heterocycles. The predicted molar refractivity (Wildman–Crippen MR) is 72.2 cm³/mol. The van der Waals surface area contributed by atoms with Crippen LogP contribution in [0.5, 0.6) is 0 Å². The van der Waals surface area contributed by atoms with Crippen molar-refractivity contribution in [2.75, 3.05) is 13.2 Å². The van der Waals surface area contributed by atoms with Crippen LogP contribution in [0.3, 0.4) is 0 Å². The largest absolute Gasteiger partial charge is 0.396 e. The smallest absolute Gasteiger partial charge is 0.129 e. The van der Waals surface area contributed by atoms with Crippen molar-refractivity contribution in [2.24, 2.45) is 5.92 Å². The molecule has 0 heterocycles. The minimum atomic E-state index is -1.09. The van der Waals surface area contributed by atoms with Gasteiger partial charge in [0.15, 0.2) is 0 Å². The van der Waals surface area contributed by atoms with Gasteiger partial charge >= 0.3 is 0 Å². The van der Waals surface area contributed by atoms with E-state index in [4.69, 9.17) is 0 Å². The molecule has 0 spiro atoms. The zero-order valence-electron chi connectivity index (χ0n) is 11.4. The van der Waals surface area contributed by atoms with Gasteiger partial charge in [-0.2, -0.15) is 0 Å². The van der Waals surface area contributed by atoms with Crippen molar-refractivity contribution in [3.8, 4) is 0 Å². The zero-order valence-corrected chi connectivity index (χ0v) is 11.4. The molecule has 1 aliphatic rings. The minimum absolute atomic E-state index is 0.0335. The highest BCUT2D eigenvalue weighted by molar-refractivity contribution is 5.21. The van der Waals surface area contributed by atoms with E-state index in [0.29, 0.717) is 0 Å². The fourth-order valence-electron chi connectivity index (χ4n) is 2.84. The van der Waals surface area contributed by atoms with E-state index in [1.165, 1.54) is 0 Å². The highest BCUT2D eigenvalue weighted by Gasteiger charge is 2.25. The quantitative estimate of drug-likeness (QED) is 0.777. The first-order chi connectivity index (χ1) is 9.61. The second kappa shape index (κ2) is 7.11. The van der Waals surface area contributed by atoms with E-state index >= 15 is 0 Å². The normalized spacial score (nSPS) is 24.6. The molecule has 3 unspecified atom stereocenters. The van der Waals surface area contributed by atoms with E-state index in [1.807, 2.05) is 0 Å². The molecule has 3 N–H and O–H groups in total. The molecular weight excluding hydrogens is 264 g/mol. The summed E-state index contributed by atoms with van der Waals surface area (Å²) in [7, 11) is 0. The summed E-state index contributed by atoms with van der Waals surface area (Å²) < 4.78 is 26.6. The van der Waals surface area contributed by atoms with Crippen LogP contribution in [-0.2, 0) is 0 Å². The molecule has 0 aliphatic heterocycles. The van der Waals surface area contributed by atoms with Gasteiger partial charge in [-0.25, -0.2) is 8.78 Å². The number of hydrogen-bond donors (Lipinski definition) is 3. The highest BCUT2D eigenvalue weighted by Crippen LogP contribution is 2.25. The lowest BCUT2D eigenvalue weighted by molar-refractivity contribution is 0.125. The van der Waals surface area contributed by atoms with Gasteiger partial charge in [0.1, 0.15) is 11.6 Å². The van der Waals surface area contributed by atoms with E-state index in [1.54, 1.807) is 0 Å². The van der Waals surface area contributed by atoms with E-state index in [9.17, 15) is 19.0 Å². The van der Waals surface area contributed by atoms with Gasteiger partial charge in [-0.05, 0) is 37.0 Å². The highest BCUT2D eigenvalue weighted by atomic mass is 19.1. The molecule has 0 bridgehead atoms. The lowest BCUT2D eigenvalue weighted by Gasteiger charge is -2.31. The number of aliphatic hydroxyl groups is 2. The number of nitrogens with one attached hydrogen (secondary N) is 1. The summed E-state index contributed by atoms with van der Waals surface area (Å²) in [5.41, 5.74) is -0.0335. The summed E-state index contributed by atoms with van der Waals surface area (Å²) >= 11 is 0. The number of halogens is 2. The average Bonchev–Trinajstić information content (AvgIpc) is 2.47. The van der Waals surface area contributed by atoms with Crippen LogP contribution in [0.4, 0.5) is 8.78 Å². The van der Waals surface area contributed by atoms with Crippen LogP contribution in [0.25, 0.3) is 0 Å². The Bertz CT molecular complexity index is 442. The Morgan fingerprint density at radius 2 is 2.00 bits per heavy atom. The van der Waals surface area contributed by atoms with Gasteiger partial charge in [0.05, 0.1) is 6.10 Å². The van der Waals surface area contributed by atoms with Crippen molar-refractivity contribution in [1.29, 1.82) is 0 Å². The second-order valence-electron chi connectivity index (χ2n) is 5.42. The molecular formula is C15H21F2NO2. The molecule has 0 radical (unpaired) electrons. The number of aliphatic hydroxyl groups excluding tert-OH is 2. The fourth-order valence-corrected chi connectivity index (χ4v) is 2.84. The summed E-state index contributed by atoms with van der Waals surface area (Å²) in [6.45, 7) is 0.267. The van der Waals surface area contributed by atoms with Gasteiger partial charge in [-0.1, -0.05) is 12.8 Å². The van der Waals surface area contributed by atoms with Gasteiger partial charge in [-0.15, -0.1) is 0 Å². The maximum absolute atomic E-state index is 13.5.